The first-order chi connectivity index (χ1) is 9.24. The molecule has 0 aliphatic heterocycles. The molecule has 0 bridgehead atoms. The zero-order chi connectivity index (χ0) is 13.7. The number of aromatic hydroxyl groups is 1. The van der Waals surface area contributed by atoms with Gasteiger partial charge in [0.1, 0.15) is 5.75 Å². The van der Waals surface area contributed by atoms with Gasteiger partial charge in [-0.05, 0) is 47.7 Å². The number of benzene rings is 2. The molecule has 0 saturated heterocycles. The van der Waals surface area contributed by atoms with E-state index in [0.717, 1.165) is 36.8 Å². The molecule has 0 spiro atoms. The van der Waals surface area contributed by atoms with Gasteiger partial charge in [0, 0.05) is 5.56 Å². The Morgan fingerprint density at radius 3 is 2.32 bits per heavy atom. The molecule has 0 heterocycles. The van der Waals surface area contributed by atoms with E-state index in [-0.39, 0.29) is 0 Å². The molecule has 0 aromatic heterocycles. The van der Waals surface area contributed by atoms with Crippen LogP contribution in [0.1, 0.15) is 37.8 Å². The van der Waals surface area contributed by atoms with Gasteiger partial charge in [-0.15, -0.1) is 0 Å². The van der Waals surface area contributed by atoms with Crippen molar-refractivity contribution in [2.75, 3.05) is 0 Å². The lowest BCUT2D eigenvalue weighted by atomic mass is 9.97. The van der Waals surface area contributed by atoms with Crippen molar-refractivity contribution < 1.29 is 5.11 Å². The zero-order valence-corrected chi connectivity index (χ0v) is 11.7. The van der Waals surface area contributed by atoms with Crippen LogP contribution in [0.3, 0.4) is 0 Å². The van der Waals surface area contributed by atoms with E-state index >= 15 is 0 Å². The molecule has 0 fully saturated rings. The van der Waals surface area contributed by atoms with Crippen molar-refractivity contribution in [3.8, 4) is 16.9 Å². The second-order valence-corrected chi connectivity index (χ2v) is 4.96. The summed E-state index contributed by atoms with van der Waals surface area (Å²) in [5.41, 5.74) is 4.45. The van der Waals surface area contributed by atoms with E-state index in [1.165, 1.54) is 11.1 Å². The van der Waals surface area contributed by atoms with Crippen molar-refractivity contribution in [1.29, 1.82) is 0 Å². The van der Waals surface area contributed by atoms with Gasteiger partial charge < -0.3 is 5.11 Å². The van der Waals surface area contributed by atoms with Crippen molar-refractivity contribution in [3.63, 3.8) is 0 Å². The van der Waals surface area contributed by atoms with Crippen molar-refractivity contribution in [3.05, 3.63) is 53.6 Å². The molecular weight excluding hydrogens is 232 g/mol. The summed E-state index contributed by atoms with van der Waals surface area (Å²) in [6, 6.07) is 15.3. The Bertz CT molecular complexity index is 543. The molecule has 0 amide bonds. The monoisotopic (exact) mass is 253 g/mol. The van der Waals surface area contributed by atoms with Crippen molar-refractivity contribution >= 4 is 0 Å². The lowest BCUT2D eigenvalue weighted by molar-refractivity contribution is 0.477. The molecule has 0 aliphatic carbocycles. The van der Waals surface area contributed by atoms with Gasteiger partial charge in [0.2, 0.25) is 0 Å². The largest absolute Gasteiger partial charge is 0.507 e. The van der Waals surface area contributed by atoms with Gasteiger partial charge >= 0.3 is 0 Å². The van der Waals surface area contributed by atoms with Crippen LogP contribution in [0, 0.1) is 6.07 Å². The molecule has 1 heteroatoms. The maximum atomic E-state index is 10.1. The highest BCUT2D eigenvalue weighted by atomic mass is 16.3. The van der Waals surface area contributed by atoms with Gasteiger partial charge in [0.15, 0.2) is 0 Å². The minimum atomic E-state index is 0.338. The predicted octanol–water partition coefficient (Wildman–Crippen LogP) is 4.76. The third-order valence-electron chi connectivity index (χ3n) is 3.29. The van der Waals surface area contributed by atoms with E-state index < -0.39 is 0 Å². The third kappa shape index (κ3) is 3.37. The van der Waals surface area contributed by atoms with Gasteiger partial charge in [-0.2, -0.15) is 0 Å². The molecule has 99 valence electrons. The van der Waals surface area contributed by atoms with Crippen molar-refractivity contribution in [2.24, 2.45) is 0 Å². The van der Waals surface area contributed by atoms with Gasteiger partial charge in [-0.25, -0.2) is 0 Å². The standard InChI is InChI=1S/C18H21O/c1-3-6-14-8-5-9-16(12-14)17-13-15(7-4-2)10-11-18(17)19/h5,8,10-13,19H,3-4,6-7H2,1-2H3. The number of hydrogen-bond acceptors (Lipinski definition) is 1. The second-order valence-electron chi connectivity index (χ2n) is 4.96. The molecule has 19 heavy (non-hydrogen) atoms. The molecule has 2 aromatic carbocycles. The Labute approximate surface area is 115 Å². The minimum Gasteiger partial charge on any atom is -0.507 e. The van der Waals surface area contributed by atoms with Crippen LogP contribution in [-0.4, -0.2) is 5.11 Å². The smallest absolute Gasteiger partial charge is 0.123 e. The fourth-order valence-corrected chi connectivity index (χ4v) is 2.36. The molecule has 2 aromatic rings. The summed E-state index contributed by atoms with van der Waals surface area (Å²) in [5, 5.41) is 10.1. The van der Waals surface area contributed by atoms with Gasteiger partial charge in [0.05, 0.1) is 0 Å². The molecule has 0 aliphatic rings. The number of aryl methyl sites for hydroxylation is 2. The van der Waals surface area contributed by atoms with Crippen molar-refractivity contribution in [1.82, 2.24) is 0 Å². The predicted molar refractivity (Wildman–Crippen MR) is 80.4 cm³/mol. The zero-order valence-electron chi connectivity index (χ0n) is 11.7. The van der Waals surface area contributed by atoms with Gasteiger partial charge in [0.25, 0.3) is 0 Å². The van der Waals surface area contributed by atoms with Gasteiger partial charge in [-0.3, -0.25) is 0 Å². The molecule has 0 unspecified atom stereocenters. The summed E-state index contributed by atoms with van der Waals surface area (Å²) >= 11 is 0. The molecule has 2 rings (SSSR count). The molecular formula is C18H21O. The van der Waals surface area contributed by atoms with E-state index in [1.807, 2.05) is 12.1 Å². The lowest BCUT2D eigenvalue weighted by Gasteiger charge is -2.09. The SMILES string of the molecule is CCCc1cc[c]c(-c2cc(CCC)ccc2O)c1. The number of hydrogen-bond donors (Lipinski definition) is 1. The van der Waals surface area contributed by atoms with Crippen LogP contribution in [0.4, 0.5) is 0 Å². The summed E-state index contributed by atoms with van der Waals surface area (Å²) in [6.07, 6.45) is 4.36. The third-order valence-corrected chi connectivity index (χ3v) is 3.29. The molecule has 1 N–H and O–H groups in total. The fourth-order valence-electron chi connectivity index (χ4n) is 2.36. The van der Waals surface area contributed by atoms with Crippen LogP contribution in [0.15, 0.2) is 36.4 Å². The summed E-state index contributed by atoms with van der Waals surface area (Å²) in [7, 11) is 0. The number of rotatable bonds is 5. The van der Waals surface area contributed by atoms with E-state index in [2.05, 4.69) is 38.1 Å². The van der Waals surface area contributed by atoms with Gasteiger partial charge in [-0.1, -0.05) is 51.0 Å². The quantitative estimate of drug-likeness (QED) is 0.814. The molecule has 1 nitrogen and oxygen atoms in total. The van der Waals surface area contributed by atoms with Crippen LogP contribution in [0.5, 0.6) is 5.75 Å². The van der Waals surface area contributed by atoms with E-state index in [0.29, 0.717) is 5.75 Å². The van der Waals surface area contributed by atoms with Crippen LogP contribution in [-0.2, 0) is 12.8 Å². The highest BCUT2D eigenvalue weighted by Gasteiger charge is 2.06. The normalized spacial score (nSPS) is 10.6. The maximum absolute atomic E-state index is 10.1. The van der Waals surface area contributed by atoms with Crippen LogP contribution in [0.2, 0.25) is 0 Å². The lowest BCUT2D eigenvalue weighted by Crippen LogP contribution is -1.88. The first-order valence-corrected chi connectivity index (χ1v) is 7.07. The summed E-state index contributed by atoms with van der Waals surface area (Å²) in [4.78, 5) is 0. The Kier molecular flexibility index (Phi) is 4.62. The summed E-state index contributed by atoms with van der Waals surface area (Å²) < 4.78 is 0. The minimum absolute atomic E-state index is 0.338. The van der Waals surface area contributed by atoms with E-state index in [1.54, 1.807) is 6.07 Å². The van der Waals surface area contributed by atoms with Crippen LogP contribution >= 0.6 is 0 Å². The first-order valence-electron chi connectivity index (χ1n) is 7.07. The highest BCUT2D eigenvalue weighted by Crippen LogP contribution is 2.30. The summed E-state index contributed by atoms with van der Waals surface area (Å²) in [5.74, 6) is 0.338. The average molecular weight is 253 g/mol. The maximum Gasteiger partial charge on any atom is 0.123 e. The van der Waals surface area contributed by atoms with E-state index in [4.69, 9.17) is 0 Å². The molecule has 1 radical (unpaired) electrons. The number of phenolic OH excluding ortho intramolecular Hbond substituents is 1. The van der Waals surface area contributed by atoms with Crippen molar-refractivity contribution in [2.45, 2.75) is 39.5 Å². The van der Waals surface area contributed by atoms with Crippen LogP contribution < -0.4 is 0 Å². The number of phenols is 1. The Morgan fingerprint density at radius 1 is 0.947 bits per heavy atom. The second kappa shape index (κ2) is 6.42. The topological polar surface area (TPSA) is 20.2 Å². The highest BCUT2D eigenvalue weighted by molar-refractivity contribution is 5.70. The van der Waals surface area contributed by atoms with Crippen LogP contribution in [0.25, 0.3) is 11.1 Å². The average Bonchev–Trinajstić information content (AvgIpc) is 2.42. The fraction of sp³-hybridized carbons (Fsp3) is 0.333. The summed E-state index contributed by atoms with van der Waals surface area (Å²) in [6.45, 7) is 4.34. The molecule has 0 saturated carbocycles. The Balaban J connectivity index is 2.39. The Morgan fingerprint density at radius 2 is 1.63 bits per heavy atom. The first kappa shape index (κ1) is 13.7. The van der Waals surface area contributed by atoms with E-state index in [9.17, 15) is 5.11 Å². The molecule has 0 atom stereocenters. The Hall–Kier alpha value is -1.76.